The van der Waals surface area contributed by atoms with Gasteiger partial charge in [0.1, 0.15) is 5.75 Å². The fourth-order valence-electron chi connectivity index (χ4n) is 3.88. The first-order chi connectivity index (χ1) is 15.7. The van der Waals surface area contributed by atoms with Gasteiger partial charge >= 0.3 is 0 Å². The van der Waals surface area contributed by atoms with Crippen molar-refractivity contribution in [3.05, 3.63) is 65.3 Å². The van der Waals surface area contributed by atoms with Crippen molar-refractivity contribution in [2.24, 2.45) is 5.92 Å². The van der Waals surface area contributed by atoms with E-state index in [0.717, 1.165) is 42.2 Å². The number of hydrogen-bond donors (Lipinski definition) is 1. The van der Waals surface area contributed by atoms with Crippen molar-refractivity contribution in [2.75, 3.05) is 31.6 Å². The van der Waals surface area contributed by atoms with Crippen molar-refractivity contribution in [1.29, 1.82) is 0 Å². The number of ether oxygens (including phenoxy) is 1. The Balaban J connectivity index is 1.35. The lowest BCUT2D eigenvalue weighted by atomic mass is 9.97. The Morgan fingerprint density at radius 1 is 1.19 bits per heavy atom. The molecule has 1 unspecified atom stereocenters. The molecule has 2 aromatic heterocycles. The average Bonchev–Trinajstić information content (AvgIpc) is 2.85. The number of amides is 1. The van der Waals surface area contributed by atoms with E-state index >= 15 is 0 Å². The summed E-state index contributed by atoms with van der Waals surface area (Å²) in [5.74, 6) is 1.36. The van der Waals surface area contributed by atoms with Gasteiger partial charge in [-0.25, -0.2) is 4.98 Å². The number of benzene rings is 1. The Bertz CT molecular complexity index is 1110. The zero-order valence-corrected chi connectivity index (χ0v) is 18.0. The first kappa shape index (κ1) is 21.5. The lowest BCUT2D eigenvalue weighted by Gasteiger charge is -2.32. The Labute approximate surface area is 186 Å². The third-order valence-corrected chi connectivity index (χ3v) is 5.59. The molecule has 32 heavy (non-hydrogen) atoms. The van der Waals surface area contributed by atoms with Crippen molar-refractivity contribution in [3.8, 4) is 17.0 Å². The zero-order chi connectivity index (χ0) is 22.3. The number of nitrogens with one attached hydrogen (secondary N) is 1. The average molecular weight is 435 g/mol. The number of nitrogens with zero attached hydrogens (tertiary/aromatic N) is 5. The molecular weight excluding hydrogens is 408 g/mol. The molecule has 1 atom stereocenters. The topological polar surface area (TPSA) is 102 Å². The lowest BCUT2D eigenvalue weighted by molar-refractivity contribution is -0.125. The molecule has 1 aliphatic rings. The maximum Gasteiger partial charge on any atom is 0.253 e. The second-order valence-corrected chi connectivity index (χ2v) is 7.67. The van der Waals surface area contributed by atoms with Gasteiger partial charge in [0, 0.05) is 44.0 Å². The third kappa shape index (κ3) is 4.93. The first-order valence-electron chi connectivity index (χ1n) is 10.7. The van der Waals surface area contributed by atoms with E-state index in [0.29, 0.717) is 19.6 Å². The minimum absolute atomic E-state index is 0.00904. The second-order valence-electron chi connectivity index (χ2n) is 7.67. The standard InChI is InChI=1S/C23H26N6O3/c1-32-20-7-3-2-6-18(20)19-8-9-21(27-26-19)28-13-4-5-17(15-28)23(31)25-12-14-29-16-24-11-10-22(29)30/h2-3,6-11,16-17H,4-5,12-15H2,1H3,(H,25,31). The summed E-state index contributed by atoms with van der Waals surface area (Å²) in [7, 11) is 1.63. The molecule has 1 fully saturated rings. The molecule has 1 aromatic carbocycles. The lowest BCUT2D eigenvalue weighted by Crippen LogP contribution is -2.44. The Morgan fingerprint density at radius 3 is 2.84 bits per heavy atom. The van der Waals surface area contributed by atoms with Crippen LogP contribution in [0.4, 0.5) is 5.82 Å². The maximum absolute atomic E-state index is 12.7. The molecule has 0 aliphatic carbocycles. The third-order valence-electron chi connectivity index (χ3n) is 5.59. The molecule has 1 aliphatic heterocycles. The number of rotatable bonds is 7. The van der Waals surface area contributed by atoms with Crippen LogP contribution in [0.15, 0.2) is 59.8 Å². The van der Waals surface area contributed by atoms with Gasteiger partial charge in [0.05, 0.1) is 25.0 Å². The monoisotopic (exact) mass is 434 g/mol. The first-order valence-corrected chi connectivity index (χ1v) is 10.7. The van der Waals surface area contributed by atoms with Crippen LogP contribution >= 0.6 is 0 Å². The van der Waals surface area contributed by atoms with Crippen molar-refractivity contribution < 1.29 is 9.53 Å². The van der Waals surface area contributed by atoms with E-state index in [1.165, 1.54) is 23.2 Å². The van der Waals surface area contributed by atoms with E-state index in [4.69, 9.17) is 4.74 Å². The quantitative estimate of drug-likeness (QED) is 0.604. The number of carbonyl (C=O) groups excluding carboxylic acids is 1. The van der Waals surface area contributed by atoms with Crippen LogP contribution in [0.5, 0.6) is 5.75 Å². The molecule has 1 N–H and O–H groups in total. The van der Waals surface area contributed by atoms with Crippen LogP contribution in [0, 0.1) is 5.92 Å². The molecule has 3 heterocycles. The highest BCUT2D eigenvalue weighted by Crippen LogP contribution is 2.29. The van der Waals surface area contributed by atoms with Crippen LogP contribution < -0.4 is 20.5 Å². The summed E-state index contributed by atoms with van der Waals surface area (Å²) in [6.45, 7) is 2.19. The molecule has 0 radical (unpaired) electrons. The van der Waals surface area contributed by atoms with Crippen LogP contribution in [-0.2, 0) is 11.3 Å². The number of para-hydroxylation sites is 1. The predicted molar refractivity (Wildman–Crippen MR) is 120 cm³/mol. The highest BCUT2D eigenvalue weighted by molar-refractivity contribution is 5.79. The summed E-state index contributed by atoms with van der Waals surface area (Å²) in [6, 6.07) is 13.0. The normalized spacial score (nSPS) is 15.9. The molecule has 0 spiro atoms. The van der Waals surface area contributed by atoms with Crippen LogP contribution in [0.2, 0.25) is 0 Å². The van der Waals surface area contributed by atoms with Crippen molar-refractivity contribution in [3.63, 3.8) is 0 Å². The van der Waals surface area contributed by atoms with Gasteiger partial charge in [-0.05, 0) is 37.1 Å². The van der Waals surface area contributed by atoms with Crippen LogP contribution in [0.25, 0.3) is 11.3 Å². The summed E-state index contributed by atoms with van der Waals surface area (Å²) < 4.78 is 6.89. The van der Waals surface area contributed by atoms with Gasteiger partial charge in [0.2, 0.25) is 5.91 Å². The summed E-state index contributed by atoms with van der Waals surface area (Å²) in [4.78, 5) is 30.4. The number of piperidine rings is 1. The minimum Gasteiger partial charge on any atom is -0.496 e. The number of hydrogen-bond acceptors (Lipinski definition) is 7. The minimum atomic E-state index is -0.134. The number of carbonyl (C=O) groups is 1. The van der Waals surface area contributed by atoms with Crippen LogP contribution in [-0.4, -0.2) is 52.4 Å². The summed E-state index contributed by atoms with van der Waals surface area (Å²) in [5.41, 5.74) is 1.49. The summed E-state index contributed by atoms with van der Waals surface area (Å²) >= 11 is 0. The van der Waals surface area contributed by atoms with E-state index in [1.54, 1.807) is 7.11 Å². The highest BCUT2D eigenvalue weighted by Gasteiger charge is 2.26. The molecule has 3 aromatic rings. The van der Waals surface area contributed by atoms with Crippen molar-refractivity contribution >= 4 is 11.7 Å². The molecule has 0 saturated carbocycles. The number of methoxy groups -OCH3 is 1. The van der Waals surface area contributed by atoms with Crippen molar-refractivity contribution in [1.82, 2.24) is 25.1 Å². The van der Waals surface area contributed by atoms with Crippen LogP contribution in [0.1, 0.15) is 12.8 Å². The number of anilines is 1. The van der Waals surface area contributed by atoms with Gasteiger partial charge in [-0.2, -0.15) is 0 Å². The molecule has 4 rings (SSSR count). The van der Waals surface area contributed by atoms with Gasteiger partial charge < -0.3 is 15.0 Å². The smallest absolute Gasteiger partial charge is 0.253 e. The van der Waals surface area contributed by atoms with Gasteiger partial charge in [0.25, 0.3) is 5.56 Å². The molecule has 9 heteroatoms. The molecule has 9 nitrogen and oxygen atoms in total. The van der Waals surface area contributed by atoms with E-state index in [-0.39, 0.29) is 17.4 Å². The molecule has 1 amide bonds. The van der Waals surface area contributed by atoms with E-state index < -0.39 is 0 Å². The summed E-state index contributed by atoms with van der Waals surface area (Å²) in [5, 5.41) is 11.7. The van der Waals surface area contributed by atoms with Gasteiger partial charge in [0.15, 0.2) is 5.82 Å². The largest absolute Gasteiger partial charge is 0.496 e. The van der Waals surface area contributed by atoms with Crippen molar-refractivity contribution in [2.45, 2.75) is 19.4 Å². The fourth-order valence-corrected chi connectivity index (χ4v) is 3.88. The van der Waals surface area contributed by atoms with Gasteiger partial charge in [-0.15, -0.1) is 10.2 Å². The van der Waals surface area contributed by atoms with Gasteiger partial charge in [-0.1, -0.05) is 12.1 Å². The maximum atomic E-state index is 12.7. The predicted octanol–water partition coefficient (Wildman–Crippen LogP) is 1.74. The zero-order valence-electron chi connectivity index (χ0n) is 18.0. The molecule has 1 saturated heterocycles. The SMILES string of the molecule is COc1ccccc1-c1ccc(N2CCCC(C(=O)NCCn3cnccc3=O)C2)nn1. The summed E-state index contributed by atoms with van der Waals surface area (Å²) in [6.07, 6.45) is 4.65. The Morgan fingerprint density at radius 2 is 2.06 bits per heavy atom. The number of aromatic nitrogens is 4. The molecular formula is C23H26N6O3. The second kappa shape index (κ2) is 10.0. The van der Waals surface area contributed by atoms with E-state index in [9.17, 15) is 9.59 Å². The van der Waals surface area contributed by atoms with Crippen LogP contribution in [0.3, 0.4) is 0 Å². The Kier molecular flexibility index (Phi) is 6.74. The molecule has 166 valence electrons. The highest BCUT2D eigenvalue weighted by atomic mass is 16.5. The van der Waals surface area contributed by atoms with Gasteiger partial charge in [-0.3, -0.25) is 14.2 Å². The van der Waals surface area contributed by atoms with E-state index in [1.807, 2.05) is 36.4 Å². The Hall–Kier alpha value is -3.75. The van der Waals surface area contributed by atoms with E-state index in [2.05, 4.69) is 25.4 Å². The fraction of sp³-hybridized carbons (Fsp3) is 0.348. The molecule has 0 bridgehead atoms.